The number of halogens is 1. The molecule has 6 rings (SSSR count). The fourth-order valence-electron chi connectivity index (χ4n) is 5.16. The minimum Gasteiger partial charge on any atom is -0.389 e. The van der Waals surface area contributed by atoms with Gasteiger partial charge in [0.15, 0.2) is 0 Å². The van der Waals surface area contributed by atoms with Crippen molar-refractivity contribution in [3.8, 4) is 0 Å². The van der Waals surface area contributed by atoms with Gasteiger partial charge in [0.2, 0.25) is 5.95 Å². The minimum absolute atomic E-state index is 0.117. The molecule has 1 aliphatic carbocycles. The molecule has 0 unspecified atom stereocenters. The molecule has 2 N–H and O–H groups in total. The number of anilines is 2. The fraction of sp³-hybridized carbons (Fsp3) is 0.542. The SMILES string of the molecule is Cn1nc(C2CC2)cc1Nc1ncc2cc(Cl)c(C3CCN([C@@H]4COC[C@@H]4O)CC3)cc2n1. The molecule has 33 heavy (non-hydrogen) atoms. The van der Waals surface area contributed by atoms with E-state index in [1.807, 2.05) is 24.0 Å². The molecule has 174 valence electrons. The number of hydrogen-bond donors (Lipinski definition) is 2. The van der Waals surface area contributed by atoms with Gasteiger partial charge in [0, 0.05) is 35.6 Å². The number of benzene rings is 1. The first-order chi connectivity index (χ1) is 16.0. The molecule has 3 fully saturated rings. The molecule has 2 aliphatic heterocycles. The van der Waals surface area contributed by atoms with E-state index in [9.17, 15) is 5.11 Å². The smallest absolute Gasteiger partial charge is 0.228 e. The number of likely N-dealkylation sites (tertiary alicyclic amines) is 1. The second kappa shape index (κ2) is 8.51. The van der Waals surface area contributed by atoms with Gasteiger partial charge < -0.3 is 15.2 Å². The third-order valence-electron chi connectivity index (χ3n) is 7.29. The van der Waals surface area contributed by atoms with E-state index in [4.69, 9.17) is 21.3 Å². The van der Waals surface area contributed by atoms with Crippen molar-refractivity contribution in [3.63, 3.8) is 0 Å². The summed E-state index contributed by atoms with van der Waals surface area (Å²) in [5, 5.41) is 19.8. The Morgan fingerprint density at radius 2 is 1.91 bits per heavy atom. The first kappa shape index (κ1) is 21.3. The first-order valence-electron chi connectivity index (χ1n) is 11.8. The third-order valence-corrected chi connectivity index (χ3v) is 7.62. The number of aliphatic hydroxyl groups excluding tert-OH is 1. The molecule has 3 aliphatic rings. The van der Waals surface area contributed by atoms with Gasteiger partial charge in [-0.2, -0.15) is 5.10 Å². The summed E-state index contributed by atoms with van der Waals surface area (Å²) in [7, 11) is 1.94. The molecular formula is C24H29ClN6O2. The van der Waals surface area contributed by atoms with Gasteiger partial charge in [0.25, 0.3) is 0 Å². The van der Waals surface area contributed by atoms with E-state index in [2.05, 4.69) is 32.4 Å². The van der Waals surface area contributed by atoms with Gasteiger partial charge in [-0.3, -0.25) is 9.58 Å². The van der Waals surface area contributed by atoms with Crippen molar-refractivity contribution in [1.29, 1.82) is 0 Å². The summed E-state index contributed by atoms with van der Waals surface area (Å²) in [6, 6.07) is 6.31. The van der Waals surface area contributed by atoms with Crippen molar-refractivity contribution < 1.29 is 9.84 Å². The number of piperidine rings is 1. The van der Waals surface area contributed by atoms with Crippen molar-refractivity contribution in [2.45, 2.75) is 49.7 Å². The molecule has 9 heteroatoms. The molecule has 1 saturated carbocycles. The highest BCUT2D eigenvalue weighted by atomic mass is 35.5. The van der Waals surface area contributed by atoms with Crippen LogP contribution < -0.4 is 5.32 Å². The predicted molar refractivity (Wildman–Crippen MR) is 127 cm³/mol. The number of rotatable bonds is 5. The molecular weight excluding hydrogens is 440 g/mol. The zero-order valence-corrected chi connectivity index (χ0v) is 19.5. The Morgan fingerprint density at radius 1 is 1.09 bits per heavy atom. The summed E-state index contributed by atoms with van der Waals surface area (Å²) < 4.78 is 7.30. The van der Waals surface area contributed by atoms with Crippen LogP contribution in [0.2, 0.25) is 5.02 Å². The maximum Gasteiger partial charge on any atom is 0.228 e. The molecule has 0 spiro atoms. The number of ether oxygens (including phenoxy) is 1. The summed E-state index contributed by atoms with van der Waals surface area (Å²) in [4.78, 5) is 11.6. The molecule has 0 amide bonds. The Labute approximate surface area is 197 Å². The predicted octanol–water partition coefficient (Wildman–Crippen LogP) is 3.58. The van der Waals surface area contributed by atoms with Crippen LogP contribution in [-0.2, 0) is 11.8 Å². The normalized spacial score (nSPS) is 24.6. The molecule has 3 aromatic rings. The summed E-state index contributed by atoms with van der Waals surface area (Å²) in [5.41, 5.74) is 3.17. The van der Waals surface area contributed by atoms with E-state index < -0.39 is 0 Å². The standard InChI is InChI=1S/C24H29ClN6O2/c1-30-23(10-20(29-30)15-2-3-15)28-24-26-11-16-8-18(25)17(9-19(16)27-24)14-4-6-31(7-5-14)21-12-33-13-22(21)32/h8-11,14-15,21-22,32H,2-7,12-13H2,1H3,(H,26,27,28)/t21-,22+/m1/s1. The highest BCUT2D eigenvalue weighted by Crippen LogP contribution is 2.40. The second-order valence-corrected chi connectivity index (χ2v) is 9.99. The van der Waals surface area contributed by atoms with E-state index in [-0.39, 0.29) is 12.1 Å². The van der Waals surface area contributed by atoms with Crippen molar-refractivity contribution >= 4 is 34.3 Å². The largest absolute Gasteiger partial charge is 0.389 e. The third kappa shape index (κ3) is 4.21. The Balaban J connectivity index is 1.20. The lowest BCUT2D eigenvalue weighted by molar-refractivity contribution is 0.0663. The first-order valence-corrected chi connectivity index (χ1v) is 12.2. The second-order valence-electron chi connectivity index (χ2n) is 9.59. The molecule has 0 radical (unpaired) electrons. The summed E-state index contributed by atoms with van der Waals surface area (Å²) >= 11 is 6.70. The van der Waals surface area contributed by atoms with E-state index >= 15 is 0 Å². The van der Waals surface area contributed by atoms with Crippen LogP contribution in [0.4, 0.5) is 11.8 Å². The molecule has 8 nitrogen and oxygen atoms in total. The molecule has 0 bridgehead atoms. The van der Waals surface area contributed by atoms with Gasteiger partial charge in [-0.05, 0) is 62.4 Å². The fourth-order valence-corrected chi connectivity index (χ4v) is 5.49. The zero-order valence-electron chi connectivity index (χ0n) is 18.7. The van der Waals surface area contributed by atoms with Crippen molar-refractivity contribution in [2.24, 2.45) is 7.05 Å². The van der Waals surface area contributed by atoms with Gasteiger partial charge in [-0.1, -0.05) is 11.6 Å². The number of aliphatic hydroxyl groups is 1. The average Bonchev–Trinajstić information content (AvgIpc) is 3.48. The summed E-state index contributed by atoms with van der Waals surface area (Å²) in [6.45, 7) is 2.93. The Morgan fingerprint density at radius 3 is 2.64 bits per heavy atom. The van der Waals surface area contributed by atoms with Crippen molar-refractivity contribution in [3.05, 3.63) is 40.7 Å². The maximum absolute atomic E-state index is 10.2. The van der Waals surface area contributed by atoms with Crippen LogP contribution in [0.15, 0.2) is 24.4 Å². The summed E-state index contributed by atoms with van der Waals surface area (Å²) in [5.74, 6) is 2.44. The van der Waals surface area contributed by atoms with E-state index in [1.165, 1.54) is 12.8 Å². The zero-order chi connectivity index (χ0) is 22.5. The van der Waals surface area contributed by atoms with Crippen LogP contribution in [0, 0.1) is 0 Å². The molecule has 2 aromatic heterocycles. The minimum atomic E-state index is -0.381. The Hall–Kier alpha value is -2.26. The number of aryl methyl sites for hydroxylation is 1. The topological polar surface area (TPSA) is 88.3 Å². The Kier molecular flexibility index (Phi) is 5.49. The average molecular weight is 469 g/mol. The monoisotopic (exact) mass is 468 g/mol. The number of hydrogen-bond acceptors (Lipinski definition) is 7. The highest BCUT2D eigenvalue weighted by molar-refractivity contribution is 6.32. The molecule has 4 heterocycles. The van der Waals surface area contributed by atoms with Crippen LogP contribution in [0.25, 0.3) is 10.9 Å². The lowest BCUT2D eigenvalue weighted by atomic mass is 9.88. The molecule has 2 saturated heterocycles. The Bertz CT molecular complexity index is 1170. The van der Waals surface area contributed by atoms with Crippen molar-refractivity contribution in [2.75, 3.05) is 31.6 Å². The van der Waals surface area contributed by atoms with Gasteiger partial charge in [0.1, 0.15) is 5.82 Å². The van der Waals surface area contributed by atoms with Crippen molar-refractivity contribution in [1.82, 2.24) is 24.6 Å². The van der Waals surface area contributed by atoms with Crippen LogP contribution in [0.3, 0.4) is 0 Å². The highest BCUT2D eigenvalue weighted by Gasteiger charge is 2.34. The van der Waals surface area contributed by atoms with E-state index in [0.717, 1.165) is 58.9 Å². The maximum atomic E-state index is 10.2. The molecule has 1 aromatic carbocycles. The lowest BCUT2D eigenvalue weighted by Crippen LogP contribution is -2.46. The summed E-state index contributed by atoms with van der Waals surface area (Å²) in [6.07, 6.45) is 5.89. The van der Waals surface area contributed by atoms with Gasteiger partial charge in [-0.25, -0.2) is 9.97 Å². The number of nitrogens with one attached hydrogen (secondary N) is 1. The van der Waals surface area contributed by atoms with E-state index in [1.54, 1.807) is 0 Å². The van der Waals surface area contributed by atoms with Crippen LogP contribution in [-0.4, -0.2) is 68.2 Å². The molecule has 2 atom stereocenters. The number of fused-ring (bicyclic) bond motifs is 1. The lowest BCUT2D eigenvalue weighted by Gasteiger charge is -2.36. The van der Waals surface area contributed by atoms with Gasteiger partial charge >= 0.3 is 0 Å². The van der Waals surface area contributed by atoms with Crippen LogP contribution >= 0.6 is 11.6 Å². The van der Waals surface area contributed by atoms with Crippen LogP contribution in [0.1, 0.15) is 48.8 Å². The number of aromatic nitrogens is 4. The van der Waals surface area contributed by atoms with Crippen LogP contribution in [0.5, 0.6) is 0 Å². The number of nitrogens with zero attached hydrogens (tertiary/aromatic N) is 5. The van der Waals surface area contributed by atoms with Gasteiger partial charge in [0.05, 0.1) is 36.6 Å². The quantitative estimate of drug-likeness (QED) is 0.591. The van der Waals surface area contributed by atoms with Gasteiger partial charge in [-0.15, -0.1) is 0 Å². The van der Waals surface area contributed by atoms with E-state index in [0.29, 0.717) is 31.0 Å².